The van der Waals surface area contributed by atoms with Gasteiger partial charge in [0.05, 0.1) is 19.2 Å². The van der Waals surface area contributed by atoms with Crippen molar-refractivity contribution >= 4 is 5.91 Å². The van der Waals surface area contributed by atoms with Crippen LogP contribution in [0.2, 0.25) is 0 Å². The fourth-order valence-electron chi connectivity index (χ4n) is 2.93. The molecule has 2 N–H and O–H groups in total. The third kappa shape index (κ3) is 4.05. The molecule has 3 rings (SSSR count). The number of rotatable bonds is 8. The number of hydrogen-bond acceptors (Lipinski definition) is 3. The average molecular weight is 288 g/mol. The molecule has 0 bridgehead atoms. The van der Waals surface area contributed by atoms with E-state index in [4.69, 9.17) is 5.11 Å². The van der Waals surface area contributed by atoms with E-state index in [0.717, 1.165) is 12.8 Å². The van der Waals surface area contributed by atoms with Crippen LogP contribution < -0.4 is 5.32 Å². The maximum absolute atomic E-state index is 12.3. The number of carbonyl (C=O) groups is 1. The van der Waals surface area contributed by atoms with Crippen LogP contribution in [0.1, 0.15) is 37.3 Å². The number of nitrogens with zero attached hydrogens (tertiary/aromatic N) is 1. The van der Waals surface area contributed by atoms with Crippen molar-refractivity contribution in [1.82, 2.24) is 10.2 Å². The second-order valence-corrected chi connectivity index (χ2v) is 6.22. The number of hydrogen-bond donors (Lipinski definition) is 2. The molecular weight excluding hydrogens is 264 g/mol. The van der Waals surface area contributed by atoms with Gasteiger partial charge < -0.3 is 10.4 Å². The van der Waals surface area contributed by atoms with Crippen molar-refractivity contribution in [3.05, 3.63) is 35.9 Å². The molecule has 4 heteroatoms. The zero-order valence-corrected chi connectivity index (χ0v) is 12.4. The highest BCUT2D eigenvalue weighted by molar-refractivity contribution is 5.78. The van der Waals surface area contributed by atoms with Gasteiger partial charge >= 0.3 is 0 Å². The van der Waals surface area contributed by atoms with Gasteiger partial charge in [0.15, 0.2) is 0 Å². The van der Waals surface area contributed by atoms with E-state index in [2.05, 4.69) is 22.3 Å². The molecule has 0 aliphatic heterocycles. The summed E-state index contributed by atoms with van der Waals surface area (Å²) in [6, 6.07) is 10.9. The topological polar surface area (TPSA) is 52.6 Å². The zero-order valence-electron chi connectivity index (χ0n) is 12.4. The van der Waals surface area contributed by atoms with Crippen LogP contribution in [0.15, 0.2) is 30.3 Å². The van der Waals surface area contributed by atoms with E-state index in [1.807, 2.05) is 18.2 Å². The Labute approximate surface area is 126 Å². The van der Waals surface area contributed by atoms with Gasteiger partial charge in [0.25, 0.3) is 0 Å². The highest BCUT2D eigenvalue weighted by Crippen LogP contribution is 2.40. The number of benzene rings is 1. The number of nitrogens with one attached hydrogen (secondary N) is 1. The van der Waals surface area contributed by atoms with E-state index in [9.17, 15) is 4.79 Å². The van der Waals surface area contributed by atoms with Crippen LogP contribution in [0.3, 0.4) is 0 Å². The van der Waals surface area contributed by atoms with Crippen molar-refractivity contribution in [3.8, 4) is 0 Å². The molecule has 0 aromatic heterocycles. The Morgan fingerprint density at radius 3 is 2.52 bits per heavy atom. The molecule has 2 aliphatic carbocycles. The maximum atomic E-state index is 12.3. The molecule has 1 aromatic rings. The van der Waals surface area contributed by atoms with E-state index in [1.165, 1.54) is 18.4 Å². The minimum atomic E-state index is 0.0797. The smallest absolute Gasteiger partial charge is 0.234 e. The molecule has 0 spiro atoms. The fraction of sp³-hybridized carbons (Fsp3) is 0.588. The summed E-state index contributed by atoms with van der Waals surface area (Å²) < 4.78 is 0. The maximum Gasteiger partial charge on any atom is 0.234 e. The van der Waals surface area contributed by atoms with Crippen molar-refractivity contribution < 1.29 is 9.90 Å². The van der Waals surface area contributed by atoms with E-state index in [0.29, 0.717) is 25.0 Å². The summed E-state index contributed by atoms with van der Waals surface area (Å²) in [5.41, 5.74) is 1.20. The Morgan fingerprint density at radius 1 is 1.24 bits per heavy atom. The van der Waals surface area contributed by atoms with Crippen LogP contribution in [0.5, 0.6) is 0 Å². The fourth-order valence-corrected chi connectivity index (χ4v) is 2.93. The summed E-state index contributed by atoms with van der Waals surface area (Å²) in [7, 11) is 0. The van der Waals surface area contributed by atoms with Gasteiger partial charge in [0, 0.05) is 12.6 Å². The molecule has 1 amide bonds. The molecule has 0 heterocycles. The van der Waals surface area contributed by atoms with E-state index in [-0.39, 0.29) is 18.6 Å². The standard InChI is InChI=1S/C17H24N2O2/c20-11-10-19(15-8-9-15)12-16(21)18-17(14-6-7-14)13-4-2-1-3-5-13/h1-5,14-15,17,20H,6-12H2,(H,18,21). The van der Waals surface area contributed by atoms with Crippen LogP contribution in [-0.2, 0) is 4.79 Å². The Morgan fingerprint density at radius 2 is 1.95 bits per heavy atom. The molecular formula is C17H24N2O2. The predicted molar refractivity (Wildman–Crippen MR) is 81.7 cm³/mol. The lowest BCUT2D eigenvalue weighted by atomic mass is 10.0. The van der Waals surface area contributed by atoms with Gasteiger partial charge in [-0.15, -0.1) is 0 Å². The molecule has 0 radical (unpaired) electrons. The highest BCUT2D eigenvalue weighted by Gasteiger charge is 2.35. The largest absolute Gasteiger partial charge is 0.395 e. The van der Waals surface area contributed by atoms with E-state index in [1.54, 1.807) is 0 Å². The van der Waals surface area contributed by atoms with Gasteiger partial charge in [-0.3, -0.25) is 9.69 Å². The van der Waals surface area contributed by atoms with Gasteiger partial charge in [-0.25, -0.2) is 0 Å². The molecule has 114 valence electrons. The van der Waals surface area contributed by atoms with Crippen molar-refractivity contribution in [2.45, 2.75) is 37.8 Å². The lowest BCUT2D eigenvalue weighted by Gasteiger charge is -2.23. The van der Waals surface area contributed by atoms with Gasteiger partial charge in [0.1, 0.15) is 0 Å². The molecule has 2 aliphatic rings. The summed E-state index contributed by atoms with van der Waals surface area (Å²) in [4.78, 5) is 14.4. The van der Waals surface area contributed by atoms with Gasteiger partial charge in [-0.1, -0.05) is 30.3 Å². The van der Waals surface area contributed by atoms with Crippen molar-refractivity contribution in [3.63, 3.8) is 0 Å². The normalized spacial score (nSPS) is 19.5. The summed E-state index contributed by atoms with van der Waals surface area (Å²) >= 11 is 0. The first-order chi connectivity index (χ1) is 10.3. The average Bonchev–Trinajstić information content (AvgIpc) is 3.39. The molecule has 0 saturated heterocycles. The van der Waals surface area contributed by atoms with Gasteiger partial charge in [-0.05, 0) is 37.2 Å². The first kappa shape index (κ1) is 14.5. The zero-order chi connectivity index (χ0) is 14.7. The second-order valence-electron chi connectivity index (χ2n) is 6.22. The third-order valence-corrected chi connectivity index (χ3v) is 4.37. The third-order valence-electron chi connectivity index (χ3n) is 4.37. The highest BCUT2D eigenvalue weighted by atomic mass is 16.3. The Hall–Kier alpha value is -1.39. The van der Waals surface area contributed by atoms with Crippen molar-refractivity contribution in [2.75, 3.05) is 19.7 Å². The van der Waals surface area contributed by atoms with Gasteiger partial charge in [0.2, 0.25) is 5.91 Å². The minimum Gasteiger partial charge on any atom is -0.395 e. The van der Waals surface area contributed by atoms with E-state index >= 15 is 0 Å². The molecule has 2 saturated carbocycles. The Balaban J connectivity index is 1.59. The first-order valence-corrected chi connectivity index (χ1v) is 7.97. The molecule has 4 nitrogen and oxygen atoms in total. The molecule has 21 heavy (non-hydrogen) atoms. The van der Waals surface area contributed by atoms with Crippen molar-refractivity contribution in [1.29, 1.82) is 0 Å². The minimum absolute atomic E-state index is 0.0797. The molecule has 2 fully saturated rings. The van der Waals surface area contributed by atoms with Crippen LogP contribution in [0.4, 0.5) is 0 Å². The summed E-state index contributed by atoms with van der Waals surface area (Å²) in [5, 5.41) is 12.3. The number of aliphatic hydroxyl groups is 1. The lowest BCUT2D eigenvalue weighted by molar-refractivity contribution is -0.123. The SMILES string of the molecule is O=C(CN(CCO)C1CC1)NC(c1ccccc1)C1CC1. The van der Waals surface area contributed by atoms with Crippen LogP contribution >= 0.6 is 0 Å². The Kier molecular flexibility index (Phi) is 4.56. The molecule has 1 atom stereocenters. The number of aliphatic hydroxyl groups excluding tert-OH is 1. The predicted octanol–water partition coefficient (Wildman–Crippen LogP) is 1.71. The summed E-state index contributed by atoms with van der Waals surface area (Å²) in [6.07, 6.45) is 4.70. The second kappa shape index (κ2) is 6.58. The van der Waals surface area contributed by atoms with Crippen LogP contribution in [0.25, 0.3) is 0 Å². The number of amides is 1. The molecule has 1 unspecified atom stereocenters. The summed E-state index contributed by atoms with van der Waals surface area (Å²) in [5.74, 6) is 0.666. The number of carbonyl (C=O) groups excluding carboxylic acids is 1. The quantitative estimate of drug-likeness (QED) is 0.766. The van der Waals surface area contributed by atoms with E-state index < -0.39 is 0 Å². The van der Waals surface area contributed by atoms with Crippen molar-refractivity contribution in [2.24, 2.45) is 5.92 Å². The lowest BCUT2D eigenvalue weighted by Crippen LogP contribution is -2.41. The van der Waals surface area contributed by atoms with Crippen LogP contribution in [0, 0.1) is 5.92 Å². The molecule has 1 aromatic carbocycles. The Bertz CT molecular complexity index is 469. The van der Waals surface area contributed by atoms with Crippen LogP contribution in [-0.4, -0.2) is 41.7 Å². The summed E-state index contributed by atoms with van der Waals surface area (Å²) in [6.45, 7) is 1.12. The monoisotopic (exact) mass is 288 g/mol. The van der Waals surface area contributed by atoms with Gasteiger partial charge in [-0.2, -0.15) is 0 Å². The first-order valence-electron chi connectivity index (χ1n) is 7.97.